The number of hydrogen-bond acceptors (Lipinski definition) is 5. The number of pyridine rings is 1. The number of nitrogens with two attached hydrogens (primary N) is 1. The van der Waals surface area contributed by atoms with Crippen molar-refractivity contribution in [2.45, 2.75) is 13.8 Å². The summed E-state index contributed by atoms with van der Waals surface area (Å²) in [4.78, 5) is 14.4. The quantitative estimate of drug-likeness (QED) is 0.675. The molecule has 0 radical (unpaired) electrons. The number of hydrogen-bond donors (Lipinski definition) is 1. The van der Waals surface area contributed by atoms with Crippen LogP contribution >= 0.6 is 0 Å². The maximum absolute atomic E-state index is 10.8. The second-order valence-electron chi connectivity index (χ2n) is 4.19. The molecule has 19 heavy (non-hydrogen) atoms. The van der Waals surface area contributed by atoms with Gasteiger partial charge in [-0.15, -0.1) is 0 Å². The Bertz CT molecular complexity index is 624. The summed E-state index contributed by atoms with van der Waals surface area (Å²) in [6.07, 6.45) is 1.49. The number of nitro groups is 1. The van der Waals surface area contributed by atoms with E-state index >= 15 is 0 Å². The number of ether oxygens (including phenoxy) is 1. The van der Waals surface area contributed by atoms with Crippen LogP contribution in [0.25, 0.3) is 0 Å². The first-order chi connectivity index (χ1) is 8.97. The van der Waals surface area contributed by atoms with Crippen molar-refractivity contribution in [3.05, 3.63) is 51.7 Å². The van der Waals surface area contributed by atoms with Gasteiger partial charge in [0.15, 0.2) is 0 Å². The molecule has 2 aromatic rings. The summed E-state index contributed by atoms with van der Waals surface area (Å²) in [6, 6.07) is 6.44. The highest BCUT2D eigenvalue weighted by molar-refractivity contribution is 5.50. The zero-order valence-electron chi connectivity index (χ0n) is 10.6. The summed E-state index contributed by atoms with van der Waals surface area (Å²) < 4.78 is 5.59. The molecule has 0 atom stereocenters. The predicted molar refractivity (Wildman–Crippen MR) is 71.3 cm³/mol. The molecule has 0 aliphatic rings. The van der Waals surface area contributed by atoms with Crippen molar-refractivity contribution in [2.75, 3.05) is 5.73 Å². The fourth-order valence-electron chi connectivity index (χ4n) is 1.65. The van der Waals surface area contributed by atoms with E-state index in [-0.39, 0.29) is 5.69 Å². The number of rotatable bonds is 3. The number of aromatic nitrogens is 1. The SMILES string of the molecule is Cc1cc([N+](=O)[O-])c(C)cc1Oc1ccc(N)cn1. The van der Waals surface area contributed by atoms with Crippen LogP contribution in [0.4, 0.5) is 11.4 Å². The molecule has 0 bridgehead atoms. The van der Waals surface area contributed by atoms with E-state index in [0.717, 1.165) is 0 Å². The fraction of sp³-hybridized carbons (Fsp3) is 0.154. The van der Waals surface area contributed by atoms with Crippen LogP contribution in [0.3, 0.4) is 0 Å². The molecule has 0 unspecified atom stereocenters. The highest BCUT2D eigenvalue weighted by Crippen LogP contribution is 2.30. The number of benzene rings is 1. The minimum absolute atomic E-state index is 0.0788. The summed E-state index contributed by atoms with van der Waals surface area (Å²) in [5.74, 6) is 0.936. The Balaban J connectivity index is 2.33. The number of nitrogens with zero attached hydrogens (tertiary/aromatic N) is 2. The third-order valence-electron chi connectivity index (χ3n) is 2.66. The van der Waals surface area contributed by atoms with E-state index < -0.39 is 4.92 Å². The summed E-state index contributed by atoms with van der Waals surface area (Å²) in [6.45, 7) is 3.42. The van der Waals surface area contributed by atoms with Gasteiger partial charge in [0.1, 0.15) is 5.75 Å². The van der Waals surface area contributed by atoms with Crippen molar-refractivity contribution in [2.24, 2.45) is 0 Å². The molecule has 2 rings (SSSR count). The normalized spacial score (nSPS) is 10.2. The Morgan fingerprint density at radius 3 is 2.58 bits per heavy atom. The second kappa shape index (κ2) is 4.93. The van der Waals surface area contributed by atoms with E-state index in [1.54, 1.807) is 32.0 Å². The highest BCUT2D eigenvalue weighted by Gasteiger charge is 2.14. The van der Waals surface area contributed by atoms with Gasteiger partial charge >= 0.3 is 0 Å². The summed E-state index contributed by atoms with van der Waals surface area (Å²) >= 11 is 0. The van der Waals surface area contributed by atoms with Crippen LogP contribution in [0, 0.1) is 24.0 Å². The number of anilines is 1. The van der Waals surface area contributed by atoms with Crippen molar-refractivity contribution in [3.8, 4) is 11.6 Å². The van der Waals surface area contributed by atoms with Gasteiger partial charge in [-0.3, -0.25) is 10.1 Å². The van der Waals surface area contributed by atoms with Crippen molar-refractivity contribution < 1.29 is 9.66 Å². The Kier molecular flexibility index (Phi) is 3.33. The maximum atomic E-state index is 10.8. The average molecular weight is 259 g/mol. The van der Waals surface area contributed by atoms with Crippen molar-refractivity contribution >= 4 is 11.4 Å². The standard InChI is InChI=1S/C13H13N3O3/c1-8-6-12(9(2)5-11(8)16(17)18)19-13-4-3-10(14)7-15-13/h3-7H,14H2,1-2H3. The highest BCUT2D eigenvalue weighted by atomic mass is 16.6. The van der Waals surface area contributed by atoms with Gasteiger partial charge in [0.2, 0.25) is 5.88 Å². The van der Waals surface area contributed by atoms with Crippen LogP contribution in [-0.4, -0.2) is 9.91 Å². The van der Waals surface area contributed by atoms with E-state index in [9.17, 15) is 10.1 Å². The third kappa shape index (κ3) is 2.79. The number of nitrogen functional groups attached to an aromatic ring is 1. The first kappa shape index (κ1) is 12.8. The zero-order valence-corrected chi connectivity index (χ0v) is 10.6. The van der Waals surface area contributed by atoms with Crippen molar-refractivity contribution in [1.29, 1.82) is 0 Å². The topological polar surface area (TPSA) is 91.3 Å². The van der Waals surface area contributed by atoms with Gasteiger partial charge < -0.3 is 10.5 Å². The van der Waals surface area contributed by atoms with Crippen molar-refractivity contribution in [3.63, 3.8) is 0 Å². The molecule has 1 aromatic carbocycles. The van der Waals surface area contributed by atoms with E-state index in [1.807, 2.05) is 0 Å². The summed E-state index contributed by atoms with van der Waals surface area (Å²) in [7, 11) is 0. The van der Waals surface area contributed by atoms with E-state index in [1.165, 1.54) is 12.3 Å². The molecule has 0 fully saturated rings. The van der Waals surface area contributed by atoms with Gasteiger partial charge in [-0.1, -0.05) is 0 Å². The Hall–Kier alpha value is -2.63. The Morgan fingerprint density at radius 2 is 2.00 bits per heavy atom. The lowest BCUT2D eigenvalue weighted by Crippen LogP contribution is -1.96. The average Bonchev–Trinajstić information content (AvgIpc) is 2.35. The van der Waals surface area contributed by atoms with Crippen LogP contribution in [0.15, 0.2) is 30.5 Å². The monoisotopic (exact) mass is 259 g/mol. The lowest BCUT2D eigenvalue weighted by molar-refractivity contribution is -0.385. The molecular weight excluding hydrogens is 246 g/mol. The van der Waals surface area contributed by atoms with Gasteiger partial charge in [0.25, 0.3) is 5.69 Å². The molecular formula is C13H13N3O3. The van der Waals surface area contributed by atoms with E-state index in [2.05, 4.69) is 4.98 Å². The summed E-state index contributed by atoms with van der Waals surface area (Å²) in [5, 5.41) is 10.8. The third-order valence-corrected chi connectivity index (χ3v) is 2.66. The fourth-order valence-corrected chi connectivity index (χ4v) is 1.65. The first-order valence-electron chi connectivity index (χ1n) is 5.62. The molecule has 1 aromatic heterocycles. The lowest BCUT2D eigenvalue weighted by Gasteiger charge is -2.09. The van der Waals surface area contributed by atoms with Crippen molar-refractivity contribution in [1.82, 2.24) is 4.98 Å². The zero-order chi connectivity index (χ0) is 14.0. The molecule has 0 aliphatic heterocycles. The van der Waals surface area contributed by atoms with Gasteiger partial charge in [0.05, 0.1) is 16.8 Å². The number of aryl methyl sites for hydroxylation is 2. The van der Waals surface area contributed by atoms with Crippen LogP contribution in [0.5, 0.6) is 11.6 Å². The van der Waals surface area contributed by atoms with Gasteiger partial charge in [-0.2, -0.15) is 0 Å². The van der Waals surface area contributed by atoms with Gasteiger partial charge in [-0.05, 0) is 31.5 Å². The molecule has 0 saturated heterocycles. The predicted octanol–water partition coefficient (Wildman–Crippen LogP) is 2.98. The molecule has 0 spiro atoms. The molecule has 2 N–H and O–H groups in total. The molecule has 98 valence electrons. The molecule has 0 amide bonds. The van der Waals surface area contributed by atoms with Gasteiger partial charge in [-0.25, -0.2) is 4.98 Å². The lowest BCUT2D eigenvalue weighted by atomic mass is 10.1. The molecule has 0 saturated carbocycles. The van der Waals surface area contributed by atoms with Gasteiger partial charge in [0, 0.05) is 17.7 Å². The Labute approximate surface area is 110 Å². The first-order valence-corrected chi connectivity index (χ1v) is 5.62. The minimum atomic E-state index is -0.409. The van der Waals surface area contributed by atoms with Crippen LogP contribution in [0.2, 0.25) is 0 Å². The van der Waals surface area contributed by atoms with Crippen LogP contribution < -0.4 is 10.5 Å². The van der Waals surface area contributed by atoms with Crippen LogP contribution in [0.1, 0.15) is 11.1 Å². The van der Waals surface area contributed by atoms with E-state index in [0.29, 0.717) is 28.4 Å². The minimum Gasteiger partial charge on any atom is -0.439 e. The van der Waals surface area contributed by atoms with E-state index in [4.69, 9.17) is 10.5 Å². The smallest absolute Gasteiger partial charge is 0.272 e. The summed E-state index contributed by atoms with van der Waals surface area (Å²) in [5.41, 5.74) is 7.38. The maximum Gasteiger partial charge on any atom is 0.272 e. The molecule has 6 heteroatoms. The molecule has 6 nitrogen and oxygen atoms in total. The molecule has 0 aliphatic carbocycles. The molecule has 1 heterocycles. The number of nitro benzene ring substituents is 1. The largest absolute Gasteiger partial charge is 0.439 e. The second-order valence-corrected chi connectivity index (χ2v) is 4.19. The Morgan fingerprint density at radius 1 is 1.26 bits per heavy atom. The van der Waals surface area contributed by atoms with Crippen LogP contribution in [-0.2, 0) is 0 Å².